The van der Waals surface area contributed by atoms with Gasteiger partial charge in [-0.05, 0) is 44.2 Å². The molecule has 0 saturated carbocycles. The van der Waals surface area contributed by atoms with Gasteiger partial charge >= 0.3 is 0 Å². The average molecular weight is 322 g/mol. The van der Waals surface area contributed by atoms with Crippen molar-refractivity contribution in [2.24, 2.45) is 5.92 Å². The fourth-order valence-corrected chi connectivity index (χ4v) is 6.17. The number of alkyl halides is 1. The lowest BCUT2D eigenvalue weighted by atomic mass is 9.97. The van der Waals surface area contributed by atoms with Crippen molar-refractivity contribution < 1.29 is 8.42 Å². The summed E-state index contributed by atoms with van der Waals surface area (Å²) in [4.78, 5) is 0.943. The van der Waals surface area contributed by atoms with Crippen molar-refractivity contribution in [2.45, 2.75) is 49.7 Å². The molecule has 3 nitrogen and oxygen atoms in total. The van der Waals surface area contributed by atoms with Crippen LogP contribution in [-0.4, -0.2) is 25.3 Å². The van der Waals surface area contributed by atoms with Gasteiger partial charge in [-0.15, -0.1) is 22.9 Å². The third kappa shape index (κ3) is 2.99. The third-order valence-corrected chi connectivity index (χ3v) is 7.83. The Kier molecular flexibility index (Phi) is 4.60. The van der Waals surface area contributed by atoms with Gasteiger partial charge in [0, 0.05) is 17.5 Å². The Labute approximate surface area is 124 Å². The summed E-state index contributed by atoms with van der Waals surface area (Å²) >= 11 is 7.14. The van der Waals surface area contributed by atoms with Crippen molar-refractivity contribution in [3.05, 3.63) is 16.5 Å². The minimum Gasteiger partial charge on any atom is -0.206 e. The average Bonchev–Trinajstić information content (AvgIpc) is 2.74. The van der Waals surface area contributed by atoms with Crippen molar-refractivity contribution in [1.29, 1.82) is 0 Å². The van der Waals surface area contributed by atoms with E-state index in [1.807, 2.05) is 13.8 Å². The van der Waals surface area contributed by atoms with Crippen LogP contribution in [0.1, 0.15) is 37.1 Å². The molecule has 1 aliphatic rings. The first kappa shape index (κ1) is 15.3. The van der Waals surface area contributed by atoms with Crippen molar-refractivity contribution in [3.63, 3.8) is 0 Å². The Bertz CT molecular complexity index is 553. The van der Waals surface area contributed by atoms with E-state index < -0.39 is 10.0 Å². The first-order chi connectivity index (χ1) is 8.86. The van der Waals surface area contributed by atoms with Gasteiger partial charge in [0.2, 0.25) is 0 Å². The molecule has 2 rings (SSSR count). The van der Waals surface area contributed by atoms with Gasteiger partial charge in [-0.25, -0.2) is 8.42 Å². The predicted molar refractivity (Wildman–Crippen MR) is 80.4 cm³/mol. The summed E-state index contributed by atoms with van der Waals surface area (Å²) in [5.41, 5.74) is 0.969. The second-order valence-electron chi connectivity index (χ2n) is 5.41. The van der Waals surface area contributed by atoms with E-state index in [1.165, 1.54) is 11.3 Å². The molecule has 0 bridgehead atoms. The third-order valence-electron chi connectivity index (χ3n) is 3.74. The molecular formula is C13H20ClNO2S2. The number of sulfonamides is 1. The summed E-state index contributed by atoms with van der Waals surface area (Å²) < 4.78 is 27.5. The van der Waals surface area contributed by atoms with Crippen LogP contribution in [0.4, 0.5) is 0 Å². The van der Waals surface area contributed by atoms with E-state index in [0.29, 0.717) is 22.6 Å². The zero-order valence-corrected chi connectivity index (χ0v) is 13.9. The van der Waals surface area contributed by atoms with Gasteiger partial charge in [0.1, 0.15) is 4.21 Å². The maximum Gasteiger partial charge on any atom is 0.252 e. The Balaban J connectivity index is 2.35. The SMILES string of the molecule is Cc1cc(S(=O)(=O)N2CC(C)CCC2C)sc1CCl. The number of hydrogen-bond acceptors (Lipinski definition) is 3. The Morgan fingerprint density at radius 3 is 2.68 bits per heavy atom. The number of nitrogens with zero attached hydrogens (tertiary/aromatic N) is 1. The highest BCUT2D eigenvalue weighted by Crippen LogP contribution is 2.33. The molecule has 1 saturated heterocycles. The summed E-state index contributed by atoms with van der Waals surface area (Å²) in [5.74, 6) is 0.803. The van der Waals surface area contributed by atoms with E-state index in [0.717, 1.165) is 23.3 Å². The maximum atomic E-state index is 12.7. The first-order valence-corrected chi connectivity index (χ1v) is 9.32. The molecule has 0 aliphatic carbocycles. The fraction of sp³-hybridized carbons (Fsp3) is 0.692. The van der Waals surface area contributed by atoms with E-state index in [-0.39, 0.29) is 6.04 Å². The zero-order chi connectivity index (χ0) is 14.2. The highest BCUT2D eigenvalue weighted by atomic mass is 35.5. The standard InChI is InChI=1S/C13H20ClNO2S2/c1-9-4-5-11(3)15(8-9)19(16,17)13-6-10(2)12(7-14)18-13/h6,9,11H,4-5,7-8H2,1-3H3. The summed E-state index contributed by atoms with van der Waals surface area (Å²) in [7, 11) is -3.36. The van der Waals surface area contributed by atoms with Crippen molar-refractivity contribution in [3.8, 4) is 0 Å². The Morgan fingerprint density at radius 2 is 2.11 bits per heavy atom. The molecule has 19 heavy (non-hydrogen) atoms. The van der Waals surface area contributed by atoms with Crippen LogP contribution in [0.15, 0.2) is 10.3 Å². The quantitative estimate of drug-likeness (QED) is 0.798. The number of piperidine rings is 1. The van der Waals surface area contributed by atoms with Gasteiger partial charge in [0.05, 0.1) is 5.88 Å². The number of halogens is 1. The topological polar surface area (TPSA) is 37.4 Å². The maximum absolute atomic E-state index is 12.7. The summed E-state index contributed by atoms with van der Waals surface area (Å²) in [6, 6.07) is 1.84. The first-order valence-electron chi connectivity index (χ1n) is 6.53. The summed E-state index contributed by atoms with van der Waals surface area (Å²) in [6.45, 7) is 6.64. The molecular weight excluding hydrogens is 302 g/mol. The highest BCUT2D eigenvalue weighted by molar-refractivity contribution is 7.91. The fourth-order valence-electron chi connectivity index (χ4n) is 2.45. The minimum atomic E-state index is -3.36. The summed E-state index contributed by atoms with van der Waals surface area (Å²) in [6.07, 6.45) is 2.04. The van der Waals surface area contributed by atoms with Gasteiger partial charge < -0.3 is 0 Å². The molecule has 0 spiro atoms. The van der Waals surface area contributed by atoms with E-state index in [9.17, 15) is 8.42 Å². The van der Waals surface area contributed by atoms with Crippen LogP contribution in [0.25, 0.3) is 0 Å². The molecule has 0 aromatic carbocycles. The van der Waals surface area contributed by atoms with Crippen LogP contribution >= 0.6 is 22.9 Å². The van der Waals surface area contributed by atoms with Gasteiger partial charge in [-0.2, -0.15) is 4.31 Å². The second-order valence-corrected chi connectivity index (χ2v) is 8.93. The van der Waals surface area contributed by atoms with Crippen LogP contribution < -0.4 is 0 Å². The number of rotatable bonds is 3. The molecule has 1 aliphatic heterocycles. The molecule has 2 heterocycles. The molecule has 0 radical (unpaired) electrons. The molecule has 6 heteroatoms. The van der Waals surface area contributed by atoms with Crippen molar-refractivity contribution >= 4 is 33.0 Å². The van der Waals surface area contributed by atoms with Crippen LogP contribution in [0.5, 0.6) is 0 Å². The molecule has 0 N–H and O–H groups in total. The smallest absolute Gasteiger partial charge is 0.206 e. The molecule has 2 unspecified atom stereocenters. The second kappa shape index (κ2) is 5.72. The molecule has 2 atom stereocenters. The van der Waals surface area contributed by atoms with E-state index in [4.69, 9.17) is 11.6 Å². The largest absolute Gasteiger partial charge is 0.252 e. The lowest BCUT2D eigenvalue weighted by Gasteiger charge is -2.35. The molecule has 1 fully saturated rings. The number of hydrogen-bond donors (Lipinski definition) is 0. The molecule has 108 valence electrons. The Hall–Kier alpha value is -0.100. The summed E-state index contributed by atoms with van der Waals surface area (Å²) in [5, 5.41) is 0. The van der Waals surface area contributed by atoms with E-state index in [2.05, 4.69) is 6.92 Å². The number of aryl methyl sites for hydroxylation is 1. The van der Waals surface area contributed by atoms with E-state index >= 15 is 0 Å². The van der Waals surface area contributed by atoms with Crippen LogP contribution in [0, 0.1) is 12.8 Å². The monoisotopic (exact) mass is 321 g/mol. The predicted octanol–water partition coefficient (Wildman–Crippen LogP) is 3.60. The van der Waals surface area contributed by atoms with Crippen LogP contribution in [0.2, 0.25) is 0 Å². The van der Waals surface area contributed by atoms with Gasteiger partial charge in [0.15, 0.2) is 0 Å². The van der Waals surface area contributed by atoms with Crippen LogP contribution in [0.3, 0.4) is 0 Å². The Morgan fingerprint density at radius 1 is 1.42 bits per heavy atom. The molecule has 1 aromatic rings. The van der Waals surface area contributed by atoms with Crippen molar-refractivity contribution in [2.75, 3.05) is 6.54 Å². The number of thiophene rings is 1. The van der Waals surface area contributed by atoms with Gasteiger partial charge in [0.25, 0.3) is 10.0 Å². The lowest BCUT2D eigenvalue weighted by molar-refractivity contribution is 0.218. The van der Waals surface area contributed by atoms with Gasteiger partial charge in [-0.1, -0.05) is 6.92 Å². The van der Waals surface area contributed by atoms with Crippen molar-refractivity contribution in [1.82, 2.24) is 4.31 Å². The lowest BCUT2D eigenvalue weighted by Crippen LogP contribution is -2.44. The normalized spacial score (nSPS) is 25.7. The minimum absolute atomic E-state index is 0.0862. The van der Waals surface area contributed by atoms with E-state index in [1.54, 1.807) is 10.4 Å². The van der Waals surface area contributed by atoms with Crippen LogP contribution in [-0.2, 0) is 15.9 Å². The molecule has 1 aromatic heterocycles. The van der Waals surface area contributed by atoms with Gasteiger partial charge in [-0.3, -0.25) is 0 Å². The molecule has 0 amide bonds. The zero-order valence-electron chi connectivity index (χ0n) is 11.5. The highest BCUT2D eigenvalue weighted by Gasteiger charge is 2.34.